The molecule has 17 heavy (non-hydrogen) atoms. The molecule has 0 saturated carbocycles. The van der Waals surface area contributed by atoms with Crippen LogP contribution >= 0.6 is 0 Å². The Morgan fingerprint density at radius 1 is 0.824 bits per heavy atom. The fourth-order valence-electron chi connectivity index (χ4n) is 1.50. The van der Waals surface area contributed by atoms with Gasteiger partial charge < -0.3 is 5.73 Å². The van der Waals surface area contributed by atoms with Crippen molar-refractivity contribution in [3.8, 4) is 11.1 Å². The second kappa shape index (κ2) is 4.08. The van der Waals surface area contributed by atoms with Gasteiger partial charge in [0.15, 0.2) is 5.82 Å². The van der Waals surface area contributed by atoms with Crippen molar-refractivity contribution in [3.05, 3.63) is 53.6 Å². The van der Waals surface area contributed by atoms with E-state index in [1.807, 2.05) is 0 Å². The third-order valence-electron chi connectivity index (χ3n) is 2.32. The van der Waals surface area contributed by atoms with E-state index in [2.05, 4.69) is 0 Å². The molecule has 0 fully saturated rings. The molecule has 0 saturated heterocycles. The molecular formula is C12H7F4N. The number of hydrogen-bond acceptors (Lipinski definition) is 1. The highest BCUT2D eigenvalue weighted by Crippen LogP contribution is 2.31. The zero-order valence-electron chi connectivity index (χ0n) is 8.48. The van der Waals surface area contributed by atoms with Crippen LogP contribution in [-0.2, 0) is 0 Å². The molecule has 2 aromatic rings. The van der Waals surface area contributed by atoms with Crippen LogP contribution in [0.4, 0.5) is 23.2 Å². The Morgan fingerprint density at radius 3 is 2.18 bits per heavy atom. The molecular weight excluding hydrogens is 234 g/mol. The molecule has 0 aliphatic rings. The fourth-order valence-corrected chi connectivity index (χ4v) is 1.50. The van der Waals surface area contributed by atoms with Gasteiger partial charge in [0.25, 0.3) is 0 Å². The van der Waals surface area contributed by atoms with Crippen LogP contribution in [0.3, 0.4) is 0 Å². The Morgan fingerprint density at radius 2 is 1.47 bits per heavy atom. The Bertz CT molecular complexity index is 581. The Labute approximate surface area is 94.5 Å². The fraction of sp³-hybridized carbons (Fsp3) is 0. The van der Waals surface area contributed by atoms with E-state index in [0.29, 0.717) is 0 Å². The first kappa shape index (κ1) is 11.4. The van der Waals surface area contributed by atoms with Crippen LogP contribution in [0.25, 0.3) is 11.1 Å². The van der Waals surface area contributed by atoms with Crippen molar-refractivity contribution in [2.75, 3.05) is 5.73 Å². The normalized spacial score (nSPS) is 10.6. The van der Waals surface area contributed by atoms with Crippen LogP contribution in [-0.4, -0.2) is 0 Å². The van der Waals surface area contributed by atoms with Gasteiger partial charge in [-0.1, -0.05) is 0 Å². The molecule has 0 radical (unpaired) electrons. The molecule has 1 nitrogen and oxygen atoms in total. The van der Waals surface area contributed by atoms with Gasteiger partial charge in [-0.2, -0.15) is 0 Å². The van der Waals surface area contributed by atoms with Gasteiger partial charge >= 0.3 is 0 Å². The summed E-state index contributed by atoms with van der Waals surface area (Å²) in [5.41, 5.74) is 3.77. The van der Waals surface area contributed by atoms with Crippen LogP contribution in [0.2, 0.25) is 0 Å². The minimum absolute atomic E-state index is 0.329. The molecule has 5 heteroatoms. The second-order valence-electron chi connectivity index (χ2n) is 3.45. The highest BCUT2D eigenvalue weighted by atomic mass is 19.1. The van der Waals surface area contributed by atoms with Gasteiger partial charge in [-0.3, -0.25) is 0 Å². The third-order valence-corrected chi connectivity index (χ3v) is 2.32. The number of halogens is 4. The van der Waals surface area contributed by atoms with Crippen LogP contribution in [0.15, 0.2) is 30.3 Å². The second-order valence-corrected chi connectivity index (χ2v) is 3.45. The molecule has 2 aromatic carbocycles. The van der Waals surface area contributed by atoms with Crippen molar-refractivity contribution in [2.24, 2.45) is 0 Å². The molecule has 0 spiro atoms. The van der Waals surface area contributed by atoms with Gasteiger partial charge in [-0.25, -0.2) is 17.6 Å². The lowest BCUT2D eigenvalue weighted by Crippen LogP contribution is -1.98. The highest BCUT2D eigenvalue weighted by Gasteiger charge is 2.17. The summed E-state index contributed by atoms with van der Waals surface area (Å²) >= 11 is 0. The van der Waals surface area contributed by atoms with E-state index in [0.717, 1.165) is 30.3 Å². The SMILES string of the molecule is Nc1ccc(F)c(-c2cc(F)ccc2F)c1F. The molecule has 0 aliphatic carbocycles. The van der Waals surface area contributed by atoms with Crippen LogP contribution in [0.1, 0.15) is 0 Å². The lowest BCUT2D eigenvalue weighted by molar-refractivity contribution is 0.579. The first-order chi connectivity index (χ1) is 8.00. The zero-order valence-corrected chi connectivity index (χ0v) is 8.48. The summed E-state index contributed by atoms with van der Waals surface area (Å²) < 4.78 is 53.4. The number of benzene rings is 2. The average molecular weight is 241 g/mol. The maximum Gasteiger partial charge on any atom is 0.156 e. The van der Waals surface area contributed by atoms with Crippen molar-refractivity contribution in [1.82, 2.24) is 0 Å². The molecule has 88 valence electrons. The topological polar surface area (TPSA) is 26.0 Å². The summed E-state index contributed by atoms with van der Waals surface area (Å²) in [4.78, 5) is 0. The maximum atomic E-state index is 13.6. The number of hydrogen-bond donors (Lipinski definition) is 1. The van der Waals surface area contributed by atoms with E-state index < -0.39 is 34.4 Å². The lowest BCUT2D eigenvalue weighted by atomic mass is 10.0. The van der Waals surface area contributed by atoms with E-state index in [1.165, 1.54) is 0 Å². The summed E-state index contributed by atoms with van der Waals surface area (Å²) in [7, 11) is 0. The molecule has 0 unspecified atom stereocenters. The zero-order chi connectivity index (χ0) is 12.6. The van der Waals surface area contributed by atoms with Crippen LogP contribution in [0, 0.1) is 23.3 Å². The van der Waals surface area contributed by atoms with Gasteiger partial charge in [-0.05, 0) is 30.3 Å². The number of nitrogens with two attached hydrogens (primary N) is 1. The number of nitrogen functional groups attached to an aromatic ring is 1. The number of anilines is 1. The van der Waals surface area contributed by atoms with Gasteiger partial charge in [0.05, 0.1) is 11.3 Å². The van der Waals surface area contributed by atoms with Crippen molar-refractivity contribution in [2.45, 2.75) is 0 Å². The summed E-state index contributed by atoms with van der Waals surface area (Å²) in [6.07, 6.45) is 0. The average Bonchev–Trinajstić information content (AvgIpc) is 2.29. The molecule has 2 N–H and O–H groups in total. The lowest BCUT2D eigenvalue weighted by Gasteiger charge is -2.08. The van der Waals surface area contributed by atoms with Crippen LogP contribution in [0.5, 0.6) is 0 Å². The Hall–Kier alpha value is -2.04. The molecule has 0 atom stereocenters. The van der Waals surface area contributed by atoms with E-state index in [-0.39, 0.29) is 5.69 Å². The van der Waals surface area contributed by atoms with Crippen molar-refractivity contribution in [1.29, 1.82) is 0 Å². The number of rotatable bonds is 1. The largest absolute Gasteiger partial charge is 0.396 e. The quantitative estimate of drug-likeness (QED) is 0.600. The molecule has 0 aromatic heterocycles. The van der Waals surface area contributed by atoms with Crippen LogP contribution < -0.4 is 5.73 Å². The summed E-state index contributed by atoms with van der Waals surface area (Å²) in [5, 5.41) is 0. The van der Waals surface area contributed by atoms with Gasteiger partial charge in [0.1, 0.15) is 17.5 Å². The van der Waals surface area contributed by atoms with Crippen molar-refractivity contribution < 1.29 is 17.6 Å². The van der Waals surface area contributed by atoms with E-state index in [4.69, 9.17) is 5.73 Å². The Kier molecular flexibility index (Phi) is 2.75. The first-order valence-electron chi connectivity index (χ1n) is 4.69. The smallest absolute Gasteiger partial charge is 0.156 e. The molecule has 0 amide bonds. The first-order valence-corrected chi connectivity index (χ1v) is 4.69. The summed E-state index contributed by atoms with van der Waals surface area (Å²) in [6, 6.07) is 4.30. The molecule has 0 bridgehead atoms. The van der Waals surface area contributed by atoms with Crippen molar-refractivity contribution in [3.63, 3.8) is 0 Å². The summed E-state index contributed by atoms with van der Waals surface area (Å²) in [6.45, 7) is 0. The molecule has 2 rings (SSSR count). The minimum atomic E-state index is -1.10. The van der Waals surface area contributed by atoms with E-state index >= 15 is 0 Å². The monoisotopic (exact) mass is 241 g/mol. The predicted molar refractivity (Wildman–Crippen MR) is 56.1 cm³/mol. The highest BCUT2D eigenvalue weighted by molar-refractivity contribution is 5.69. The van der Waals surface area contributed by atoms with Crippen molar-refractivity contribution >= 4 is 5.69 Å². The van der Waals surface area contributed by atoms with Gasteiger partial charge in [0.2, 0.25) is 0 Å². The molecule has 0 heterocycles. The maximum absolute atomic E-state index is 13.6. The standard InChI is InChI=1S/C12H7F4N/c13-6-1-2-8(14)7(5-6)11-9(15)3-4-10(17)12(11)16/h1-5H,17H2. The third kappa shape index (κ3) is 1.95. The van der Waals surface area contributed by atoms with Gasteiger partial charge in [0, 0.05) is 5.56 Å². The van der Waals surface area contributed by atoms with E-state index in [9.17, 15) is 17.6 Å². The van der Waals surface area contributed by atoms with E-state index in [1.54, 1.807) is 0 Å². The Balaban J connectivity index is 2.76. The molecule has 0 aliphatic heterocycles. The summed E-state index contributed by atoms with van der Waals surface area (Å²) in [5.74, 6) is -3.81. The minimum Gasteiger partial charge on any atom is -0.396 e. The predicted octanol–water partition coefficient (Wildman–Crippen LogP) is 3.49. The van der Waals surface area contributed by atoms with Gasteiger partial charge in [-0.15, -0.1) is 0 Å².